The number of hydrogen-bond donors (Lipinski definition) is 3. The van der Waals surface area contributed by atoms with Gasteiger partial charge in [-0.2, -0.15) is 0 Å². The zero-order valence-corrected chi connectivity index (χ0v) is 17.3. The van der Waals surface area contributed by atoms with E-state index in [9.17, 15) is 19.5 Å². The fraction of sp³-hybridized carbons (Fsp3) is 0.125. The minimum atomic E-state index is -1.28. The SMILES string of the molecule is Cn1c2c(c(=O)n(C)c1=O)NC1=C(C(=O)c3ccccc31)C1(C=C(O)c3ccccc31)N2. The maximum Gasteiger partial charge on any atom is 0.332 e. The molecule has 1 aliphatic heterocycles. The fourth-order valence-electron chi connectivity index (χ4n) is 4.99. The number of Topliss-reactive ketones (excluding diaryl/α,β-unsaturated/α-hetero) is 1. The Hall–Kier alpha value is -4.33. The summed E-state index contributed by atoms with van der Waals surface area (Å²) in [5.41, 5.74) is 1.10. The molecule has 3 N–H and O–H groups in total. The topological polar surface area (TPSA) is 105 Å². The third-order valence-electron chi connectivity index (χ3n) is 6.52. The van der Waals surface area contributed by atoms with Crippen LogP contribution in [0, 0.1) is 0 Å². The lowest BCUT2D eigenvalue weighted by atomic mass is 9.82. The smallest absolute Gasteiger partial charge is 0.332 e. The van der Waals surface area contributed by atoms with Gasteiger partial charge in [-0.1, -0.05) is 48.5 Å². The lowest BCUT2D eigenvalue weighted by molar-refractivity contribution is 0.102. The third-order valence-corrected chi connectivity index (χ3v) is 6.52. The number of nitrogens with zero attached hydrogens (tertiary/aromatic N) is 2. The van der Waals surface area contributed by atoms with Gasteiger partial charge in [-0.05, 0) is 11.6 Å². The number of carbonyl (C=O) groups is 1. The van der Waals surface area contributed by atoms with Crippen molar-refractivity contribution in [2.45, 2.75) is 5.54 Å². The molecule has 2 aliphatic carbocycles. The lowest BCUT2D eigenvalue weighted by Gasteiger charge is -2.32. The largest absolute Gasteiger partial charge is 0.508 e. The normalized spacial score (nSPS) is 20.1. The Morgan fingerprint density at radius 1 is 0.875 bits per heavy atom. The fourth-order valence-corrected chi connectivity index (χ4v) is 4.99. The molecule has 1 unspecified atom stereocenters. The number of fused-ring (bicyclic) bond motifs is 6. The van der Waals surface area contributed by atoms with Gasteiger partial charge in [-0.3, -0.25) is 18.7 Å². The summed E-state index contributed by atoms with van der Waals surface area (Å²) in [5, 5.41) is 17.3. The first kappa shape index (κ1) is 18.4. The maximum atomic E-state index is 13.7. The van der Waals surface area contributed by atoms with Crippen LogP contribution >= 0.6 is 0 Å². The van der Waals surface area contributed by atoms with E-state index in [1.54, 1.807) is 37.4 Å². The van der Waals surface area contributed by atoms with Crippen LogP contribution in [0.5, 0.6) is 0 Å². The van der Waals surface area contributed by atoms with Gasteiger partial charge in [0.25, 0.3) is 5.56 Å². The summed E-state index contributed by atoms with van der Waals surface area (Å²) in [7, 11) is 2.96. The second kappa shape index (κ2) is 5.88. The highest BCUT2D eigenvalue weighted by Gasteiger charge is 2.51. The molecule has 32 heavy (non-hydrogen) atoms. The summed E-state index contributed by atoms with van der Waals surface area (Å²) in [4.78, 5) is 39.5. The Morgan fingerprint density at radius 3 is 2.28 bits per heavy atom. The monoisotopic (exact) mass is 426 g/mol. The zero-order chi connectivity index (χ0) is 22.4. The van der Waals surface area contributed by atoms with Crippen LogP contribution in [0.2, 0.25) is 0 Å². The molecule has 3 aliphatic rings. The summed E-state index contributed by atoms with van der Waals surface area (Å²) >= 11 is 0. The van der Waals surface area contributed by atoms with Gasteiger partial charge >= 0.3 is 5.69 Å². The van der Waals surface area contributed by atoms with Crippen LogP contribution in [-0.2, 0) is 19.6 Å². The van der Waals surface area contributed by atoms with E-state index < -0.39 is 16.8 Å². The molecule has 8 nitrogen and oxygen atoms in total. The minimum Gasteiger partial charge on any atom is -0.508 e. The number of hydrogen-bond acceptors (Lipinski definition) is 6. The first-order valence-corrected chi connectivity index (χ1v) is 10.1. The van der Waals surface area contributed by atoms with E-state index >= 15 is 0 Å². The molecular formula is C24H18N4O4. The van der Waals surface area contributed by atoms with Crippen molar-refractivity contribution < 1.29 is 9.90 Å². The summed E-state index contributed by atoms with van der Waals surface area (Å²) in [5.74, 6) is 0.0329. The number of aliphatic hydroxyl groups excluding tert-OH is 1. The molecule has 2 aromatic carbocycles. The van der Waals surface area contributed by atoms with Crippen LogP contribution in [0.25, 0.3) is 11.5 Å². The van der Waals surface area contributed by atoms with E-state index in [-0.39, 0.29) is 23.0 Å². The first-order chi connectivity index (χ1) is 15.3. The molecule has 6 rings (SSSR count). The third kappa shape index (κ3) is 2.03. The van der Waals surface area contributed by atoms with E-state index in [0.717, 1.165) is 4.57 Å². The molecule has 1 spiro atoms. The summed E-state index contributed by atoms with van der Waals surface area (Å²) in [6.07, 6.45) is 1.58. The summed E-state index contributed by atoms with van der Waals surface area (Å²) < 4.78 is 2.35. The number of aromatic nitrogens is 2. The van der Waals surface area contributed by atoms with Crippen LogP contribution in [0.4, 0.5) is 11.5 Å². The van der Waals surface area contributed by atoms with Gasteiger partial charge in [-0.25, -0.2) is 4.79 Å². The molecule has 0 saturated heterocycles. The van der Waals surface area contributed by atoms with Crippen molar-refractivity contribution in [1.29, 1.82) is 0 Å². The van der Waals surface area contributed by atoms with Crippen molar-refractivity contribution in [3.63, 3.8) is 0 Å². The number of anilines is 2. The lowest BCUT2D eigenvalue weighted by Crippen LogP contribution is -2.42. The van der Waals surface area contributed by atoms with Crippen LogP contribution in [0.15, 0.2) is 69.8 Å². The number of aliphatic hydroxyl groups is 1. The zero-order valence-electron chi connectivity index (χ0n) is 17.3. The van der Waals surface area contributed by atoms with E-state index in [1.165, 1.54) is 11.6 Å². The Morgan fingerprint density at radius 2 is 1.53 bits per heavy atom. The van der Waals surface area contributed by atoms with Gasteiger partial charge in [0.1, 0.15) is 22.8 Å². The Kier molecular flexibility index (Phi) is 3.39. The molecule has 0 bridgehead atoms. The Bertz CT molecular complexity index is 1570. The van der Waals surface area contributed by atoms with E-state index in [1.807, 2.05) is 24.3 Å². The summed E-state index contributed by atoms with van der Waals surface area (Å²) in [6.45, 7) is 0. The van der Waals surface area contributed by atoms with Gasteiger partial charge in [0, 0.05) is 30.8 Å². The second-order valence-electron chi connectivity index (χ2n) is 8.19. The number of ketones is 1. The van der Waals surface area contributed by atoms with Crippen LogP contribution in [-0.4, -0.2) is 20.0 Å². The highest BCUT2D eigenvalue weighted by atomic mass is 16.3. The van der Waals surface area contributed by atoms with E-state index in [0.29, 0.717) is 33.5 Å². The van der Waals surface area contributed by atoms with Crippen molar-refractivity contribution in [2.24, 2.45) is 14.1 Å². The van der Waals surface area contributed by atoms with E-state index in [4.69, 9.17) is 0 Å². The van der Waals surface area contributed by atoms with Gasteiger partial charge in [0.15, 0.2) is 5.78 Å². The molecule has 8 heteroatoms. The number of rotatable bonds is 0. The number of carbonyl (C=O) groups excluding carboxylic acids is 1. The van der Waals surface area contributed by atoms with Crippen molar-refractivity contribution in [1.82, 2.24) is 9.13 Å². The average molecular weight is 426 g/mol. The predicted octanol–water partition coefficient (Wildman–Crippen LogP) is 2.34. The quantitative estimate of drug-likeness (QED) is 0.510. The predicted molar refractivity (Wildman–Crippen MR) is 121 cm³/mol. The van der Waals surface area contributed by atoms with Crippen LogP contribution < -0.4 is 21.9 Å². The summed E-state index contributed by atoms with van der Waals surface area (Å²) in [6, 6.07) is 14.4. The van der Waals surface area contributed by atoms with Gasteiger partial charge in [0.2, 0.25) is 0 Å². The van der Waals surface area contributed by atoms with Crippen LogP contribution in [0.1, 0.15) is 27.0 Å². The van der Waals surface area contributed by atoms with Crippen molar-refractivity contribution in [3.05, 3.63) is 103 Å². The second-order valence-corrected chi connectivity index (χ2v) is 8.19. The molecule has 1 atom stereocenters. The standard InChI is InChI=1S/C24H18N4O4/c1-27-21-19(22(31)28(2)23(27)32)25-18-12-7-3-4-8-13(12)20(30)17(18)24(26-21)11-16(29)14-9-5-6-10-15(14)24/h3-11,25-26,29H,1-2H3. The molecule has 0 fully saturated rings. The molecule has 0 saturated carbocycles. The van der Waals surface area contributed by atoms with E-state index in [2.05, 4.69) is 10.6 Å². The van der Waals surface area contributed by atoms with Crippen molar-refractivity contribution in [2.75, 3.05) is 10.6 Å². The molecule has 0 amide bonds. The molecular weight excluding hydrogens is 408 g/mol. The Labute approximate surface area is 181 Å². The van der Waals surface area contributed by atoms with Gasteiger partial charge in [0.05, 0.1) is 11.3 Å². The highest BCUT2D eigenvalue weighted by Crippen LogP contribution is 2.52. The minimum absolute atomic E-state index is 0.0148. The molecule has 0 radical (unpaired) electrons. The van der Waals surface area contributed by atoms with Crippen molar-refractivity contribution in [3.8, 4) is 0 Å². The molecule has 3 aromatic rings. The van der Waals surface area contributed by atoms with Crippen LogP contribution in [0.3, 0.4) is 0 Å². The van der Waals surface area contributed by atoms with Gasteiger partial charge in [-0.15, -0.1) is 0 Å². The molecule has 1 aromatic heterocycles. The van der Waals surface area contributed by atoms with Gasteiger partial charge < -0.3 is 15.7 Å². The Balaban J connectivity index is 1.78. The number of nitrogens with one attached hydrogen (secondary N) is 2. The van der Waals surface area contributed by atoms with Crippen molar-refractivity contribution >= 4 is 28.7 Å². The number of benzene rings is 2. The average Bonchev–Trinajstić information content (AvgIpc) is 3.18. The maximum absolute atomic E-state index is 13.7. The molecule has 2 heterocycles. The molecule has 158 valence electrons. The first-order valence-electron chi connectivity index (χ1n) is 10.1. The highest BCUT2D eigenvalue weighted by molar-refractivity contribution is 6.24.